The van der Waals surface area contributed by atoms with Gasteiger partial charge in [-0.05, 0) is 48.0 Å². The van der Waals surface area contributed by atoms with Crippen molar-refractivity contribution in [1.29, 1.82) is 0 Å². The van der Waals surface area contributed by atoms with Gasteiger partial charge < -0.3 is 10.1 Å². The van der Waals surface area contributed by atoms with Crippen LogP contribution in [0.3, 0.4) is 0 Å². The van der Waals surface area contributed by atoms with E-state index in [4.69, 9.17) is 0 Å². The van der Waals surface area contributed by atoms with Crippen LogP contribution in [0.4, 0.5) is 18.9 Å². The first-order valence-corrected chi connectivity index (χ1v) is 8.33. The van der Waals surface area contributed by atoms with Crippen LogP contribution < -0.4 is 10.1 Å². The lowest BCUT2D eigenvalue weighted by Gasteiger charge is -2.11. The number of benzene rings is 2. The molecule has 0 saturated heterocycles. The maximum absolute atomic E-state index is 12.5. The van der Waals surface area contributed by atoms with Gasteiger partial charge in [0, 0.05) is 33.7 Å². The number of carbonyl (C=O) groups excluding carboxylic acids is 1. The van der Waals surface area contributed by atoms with E-state index in [1.54, 1.807) is 30.6 Å². The number of alkyl halides is 3. The van der Waals surface area contributed by atoms with E-state index in [1.807, 2.05) is 0 Å². The first-order chi connectivity index (χ1) is 12.8. The van der Waals surface area contributed by atoms with Crippen molar-refractivity contribution >= 4 is 27.5 Å². The second-order valence-electron chi connectivity index (χ2n) is 5.35. The molecule has 2 aromatic carbocycles. The fraction of sp³-hybridized carbons (Fsp3) is 0.0556. The Labute approximate surface area is 160 Å². The minimum absolute atomic E-state index is 0.335. The molecule has 0 bridgehead atoms. The average molecular weight is 438 g/mol. The van der Waals surface area contributed by atoms with E-state index in [0.29, 0.717) is 11.3 Å². The van der Waals surface area contributed by atoms with E-state index in [1.165, 1.54) is 18.5 Å². The minimum atomic E-state index is -4.76. The summed E-state index contributed by atoms with van der Waals surface area (Å²) in [5.41, 5.74) is 2.17. The molecule has 3 aromatic rings. The number of hydrogen-bond acceptors (Lipinski definition) is 4. The summed E-state index contributed by atoms with van der Waals surface area (Å²) in [6.45, 7) is 0. The van der Waals surface area contributed by atoms with Crippen molar-refractivity contribution in [3.05, 3.63) is 71.2 Å². The predicted molar refractivity (Wildman–Crippen MR) is 96.2 cm³/mol. The van der Waals surface area contributed by atoms with Gasteiger partial charge in [-0.25, -0.2) is 9.97 Å². The standard InChI is InChI=1S/C18H11BrF3N3O2/c19-16-6-1-11(7-15(16)12-8-23-10-24-9-12)17(26)25-13-2-4-14(5-3-13)27-18(20,21)22/h1-10H,(H,25,26). The molecule has 0 aliphatic rings. The number of anilines is 1. The number of aromatic nitrogens is 2. The molecule has 0 saturated carbocycles. The van der Waals surface area contributed by atoms with Crippen LogP contribution in [0.2, 0.25) is 0 Å². The molecule has 3 rings (SSSR count). The maximum atomic E-state index is 12.5. The molecule has 0 aliphatic heterocycles. The predicted octanol–water partition coefficient (Wildman–Crippen LogP) is 5.06. The molecule has 1 N–H and O–H groups in total. The molecule has 9 heteroatoms. The zero-order chi connectivity index (χ0) is 19.4. The first-order valence-electron chi connectivity index (χ1n) is 7.54. The highest BCUT2D eigenvalue weighted by Gasteiger charge is 2.30. The molecule has 27 heavy (non-hydrogen) atoms. The molecular weight excluding hydrogens is 427 g/mol. The van der Waals surface area contributed by atoms with Gasteiger partial charge in [-0.1, -0.05) is 15.9 Å². The third-order valence-corrected chi connectivity index (χ3v) is 4.14. The van der Waals surface area contributed by atoms with Crippen molar-refractivity contribution in [3.8, 4) is 16.9 Å². The van der Waals surface area contributed by atoms with Gasteiger partial charge in [-0.15, -0.1) is 13.2 Å². The van der Waals surface area contributed by atoms with E-state index in [0.717, 1.165) is 27.7 Å². The van der Waals surface area contributed by atoms with Crippen LogP contribution in [-0.4, -0.2) is 22.2 Å². The maximum Gasteiger partial charge on any atom is 0.573 e. The van der Waals surface area contributed by atoms with Gasteiger partial charge in [0.25, 0.3) is 5.91 Å². The van der Waals surface area contributed by atoms with Crippen molar-refractivity contribution in [2.24, 2.45) is 0 Å². The minimum Gasteiger partial charge on any atom is -0.406 e. The largest absolute Gasteiger partial charge is 0.573 e. The molecule has 0 radical (unpaired) electrons. The Morgan fingerprint density at radius 2 is 1.70 bits per heavy atom. The second-order valence-corrected chi connectivity index (χ2v) is 6.20. The summed E-state index contributed by atoms with van der Waals surface area (Å²) in [5.74, 6) is -0.777. The van der Waals surface area contributed by atoms with Gasteiger partial charge in [-0.3, -0.25) is 4.79 Å². The Morgan fingerprint density at radius 3 is 2.33 bits per heavy atom. The lowest BCUT2D eigenvalue weighted by atomic mass is 10.1. The molecule has 1 heterocycles. The molecule has 0 fully saturated rings. The lowest BCUT2D eigenvalue weighted by Crippen LogP contribution is -2.17. The van der Waals surface area contributed by atoms with E-state index in [2.05, 4.69) is 36.0 Å². The summed E-state index contributed by atoms with van der Waals surface area (Å²) < 4.78 is 41.1. The summed E-state index contributed by atoms with van der Waals surface area (Å²) in [5, 5.41) is 2.62. The second kappa shape index (κ2) is 7.75. The van der Waals surface area contributed by atoms with Crippen LogP contribution in [0.1, 0.15) is 10.4 Å². The highest BCUT2D eigenvalue weighted by atomic mass is 79.9. The summed E-state index contributed by atoms with van der Waals surface area (Å²) in [7, 11) is 0. The number of nitrogens with one attached hydrogen (secondary N) is 1. The van der Waals surface area contributed by atoms with Gasteiger partial charge in [-0.2, -0.15) is 0 Å². The first kappa shape index (κ1) is 18.8. The van der Waals surface area contributed by atoms with Crippen LogP contribution in [0.15, 0.2) is 65.7 Å². The van der Waals surface area contributed by atoms with Crippen molar-refractivity contribution < 1.29 is 22.7 Å². The highest BCUT2D eigenvalue weighted by molar-refractivity contribution is 9.10. The quantitative estimate of drug-likeness (QED) is 0.619. The van der Waals surface area contributed by atoms with Crippen LogP contribution in [-0.2, 0) is 0 Å². The van der Waals surface area contributed by atoms with Crippen LogP contribution in [0, 0.1) is 0 Å². The Balaban J connectivity index is 1.77. The number of carbonyl (C=O) groups is 1. The van der Waals surface area contributed by atoms with Crippen LogP contribution in [0.5, 0.6) is 5.75 Å². The number of ether oxygens (including phenoxy) is 1. The molecule has 0 spiro atoms. The molecule has 0 atom stereocenters. The SMILES string of the molecule is O=C(Nc1ccc(OC(F)(F)F)cc1)c1ccc(Br)c(-c2cncnc2)c1. The van der Waals surface area contributed by atoms with E-state index < -0.39 is 12.3 Å². The Hall–Kier alpha value is -2.94. The molecule has 1 aromatic heterocycles. The Morgan fingerprint density at radius 1 is 1.04 bits per heavy atom. The normalized spacial score (nSPS) is 11.1. The molecule has 1 amide bonds. The number of hydrogen-bond donors (Lipinski definition) is 1. The van der Waals surface area contributed by atoms with E-state index in [-0.39, 0.29) is 5.75 Å². The van der Waals surface area contributed by atoms with Crippen molar-refractivity contribution in [2.45, 2.75) is 6.36 Å². The molecule has 138 valence electrons. The van der Waals surface area contributed by atoms with Crippen molar-refractivity contribution in [3.63, 3.8) is 0 Å². The van der Waals surface area contributed by atoms with Gasteiger partial charge in [0.05, 0.1) is 0 Å². The van der Waals surface area contributed by atoms with Gasteiger partial charge in [0.2, 0.25) is 0 Å². The number of halogens is 4. The van der Waals surface area contributed by atoms with Gasteiger partial charge in [0.1, 0.15) is 12.1 Å². The highest BCUT2D eigenvalue weighted by Crippen LogP contribution is 2.29. The average Bonchev–Trinajstić information content (AvgIpc) is 2.63. The number of nitrogens with zero attached hydrogens (tertiary/aromatic N) is 2. The van der Waals surface area contributed by atoms with Crippen molar-refractivity contribution in [2.75, 3.05) is 5.32 Å². The van der Waals surface area contributed by atoms with Crippen LogP contribution >= 0.6 is 15.9 Å². The number of amides is 1. The van der Waals surface area contributed by atoms with Gasteiger partial charge in [0.15, 0.2) is 0 Å². The Bertz CT molecular complexity index is 948. The third-order valence-electron chi connectivity index (χ3n) is 3.45. The molecule has 5 nitrogen and oxygen atoms in total. The number of rotatable bonds is 4. The molecule has 0 unspecified atom stereocenters. The Kier molecular flexibility index (Phi) is 5.41. The summed E-state index contributed by atoms with van der Waals surface area (Å²) in [6.07, 6.45) is -0.123. The fourth-order valence-electron chi connectivity index (χ4n) is 2.27. The zero-order valence-corrected chi connectivity index (χ0v) is 15.1. The van der Waals surface area contributed by atoms with Crippen LogP contribution in [0.25, 0.3) is 11.1 Å². The zero-order valence-electron chi connectivity index (χ0n) is 13.5. The van der Waals surface area contributed by atoms with E-state index >= 15 is 0 Å². The summed E-state index contributed by atoms with van der Waals surface area (Å²) in [6, 6.07) is 9.90. The van der Waals surface area contributed by atoms with Gasteiger partial charge >= 0.3 is 6.36 Å². The smallest absolute Gasteiger partial charge is 0.406 e. The summed E-state index contributed by atoms with van der Waals surface area (Å²) >= 11 is 3.42. The molecule has 0 aliphatic carbocycles. The molecular formula is C18H11BrF3N3O2. The van der Waals surface area contributed by atoms with E-state index in [9.17, 15) is 18.0 Å². The monoisotopic (exact) mass is 437 g/mol. The third kappa shape index (κ3) is 5.04. The lowest BCUT2D eigenvalue weighted by molar-refractivity contribution is -0.274. The topological polar surface area (TPSA) is 64.1 Å². The fourth-order valence-corrected chi connectivity index (χ4v) is 2.74. The summed E-state index contributed by atoms with van der Waals surface area (Å²) in [4.78, 5) is 20.4. The van der Waals surface area contributed by atoms with Crippen molar-refractivity contribution in [1.82, 2.24) is 9.97 Å².